The molecule has 2 aliphatic heterocycles. The van der Waals surface area contributed by atoms with Crippen molar-refractivity contribution in [3.63, 3.8) is 0 Å². The minimum absolute atomic E-state index is 0.186. The Morgan fingerprint density at radius 2 is 2.05 bits per heavy atom. The molecule has 0 amide bonds. The molecular formula is C15H30N4O. The Morgan fingerprint density at radius 1 is 1.25 bits per heavy atom. The van der Waals surface area contributed by atoms with Gasteiger partial charge < -0.3 is 20.2 Å². The van der Waals surface area contributed by atoms with E-state index in [1.54, 1.807) is 0 Å². The Balaban J connectivity index is 1.66. The lowest BCUT2D eigenvalue weighted by molar-refractivity contribution is 0.188. The number of nitrogens with zero attached hydrogens (tertiary/aromatic N) is 3. The third-order valence-corrected chi connectivity index (χ3v) is 4.14. The van der Waals surface area contributed by atoms with Crippen LogP contribution < -0.4 is 5.32 Å². The van der Waals surface area contributed by atoms with Crippen LogP contribution in [0.5, 0.6) is 0 Å². The smallest absolute Gasteiger partial charge is 0.194 e. The molecule has 0 aromatic heterocycles. The number of rotatable bonds is 6. The first kappa shape index (κ1) is 15.6. The van der Waals surface area contributed by atoms with Crippen LogP contribution in [0.15, 0.2) is 4.99 Å². The van der Waals surface area contributed by atoms with E-state index in [0.717, 1.165) is 45.0 Å². The summed E-state index contributed by atoms with van der Waals surface area (Å²) in [6.45, 7) is 9.32. The van der Waals surface area contributed by atoms with Gasteiger partial charge in [-0.05, 0) is 58.7 Å². The highest BCUT2D eigenvalue weighted by atomic mass is 16.3. The molecule has 0 radical (unpaired) electrons. The van der Waals surface area contributed by atoms with Gasteiger partial charge in [0.15, 0.2) is 5.96 Å². The van der Waals surface area contributed by atoms with Gasteiger partial charge in [-0.2, -0.15) is 0 Å². The second-order valence-electron chi connectivity index (χ2n) is 5.88. The van der Waals surface area contributed by atoms with Crippen molar-refractivity contribution in [2.24, 2.45) is 4.99 Å². The quantitative estimate of drug-likeness (QED) is 0.432. The van der Waals surface area contributed by atoms with Gasteiger partial charge in [0, 0.05) is 26.2 Å². The molecule has 0 bridgehead atoms. The molecular weight excluding hydrogens is 252 g/mol. The summed E-state index contributed by atoms with van der Waals surface area (Å²) >= 11 is 0. The molecule has 0 unspecified atom stereocenters. The largest absolute Gasteiger partial charge is 0.391 e. The highest BCUT2D eigenvalue weighted by molar-refractivity contribution is 5.80. The van der Waals surface area contributed by atoms with Crippen LogP contribution in [0, 0.1) is 0 Å². The summed E-state index contributed by atoms with van der Waals surface area (Å²) in [5, 5.41) is 12.9. The van der Waals surface area contributed by atoms with Gasteiger partial charge >= 0.3 is 0 Å². The number of aliphatic hydroxyl groups excluding tert-OH is 1. The molecule has 2 N–H and O–H groups in total. The van der Waals surface area contributed by atoms with Crippen molar-refractivity contribution in [2.45, 2.75) is 45.1 Å². The summed E-state index contributed by atoms with van der Waals surface area (Å²) in [4.78, 5) is 9.43. The van der Waals surface area contributed by atoms with Crippen LogP contribution in [-0.4, -0.2) is 72.8 Å². The molecule has 5 heteroatoms. The van der Waals surface area contributed by atoms with Crippen molar-refractivity contribution < 1.29 is 5.11 Å². The van der Waals surface area contributed by atoms with E-state index >= 15 is 0 Å². The second-order valence-corrected chi connectivity index (χ2v) is 5.88. The zero-order valence-electron chi connectivity index (χ0n) is 12.9. The molecule has 116 valence electrons. The molecule has 0 spiro atoms. The van der Waals surface area contributed by atoms with Crippen molar-refractivity contribution in [3.8, 4) is 0 Å². The van der Waals surface area contributed by atoms with E-state index in [-0.39, 0.29) is 6.10 Å². The monoisotopic (exact) mass is 282 g/mol. The summed E-state index contributed by atoms with van der Waals surface area (Å²) in [6.07, 6.45) is 5.82. The summed E-state index contributed by atoms with van der Waals surface area (Å²) in [5.41, 5.74) is 0. The van der Waals surface area contributed by atoms with Crippen molar-refractivity contribution in [1.82, 2.24) is 15.1 Å². The lowest BCUT2D eigenvalue weighted by Gasteiger charge is -2.21. The van der Waals surface area contributed by atoms with E-state index in [2.05, 4.69) is 22.0 Å². The van der Waals surface area contributed by atoms with E-state index in [1.165, 1.54) is 38.9 Å². The minimum atomic E-state index is -0.186. The number of β-amino-alcohol motifs (C(OH)–C–C–N with tert-alkyl or cyclic N) is 1. The number of unbranched alkanes of at least 4 members (excludes halogenated alkanes) is 1. The standard InChI is InChI=1S/C15H30N4O/c1-2-16-15(19-12-7-14(20)13-19)17-8-3-4-9-18-10-5-6-11-18/h14,20H,2-13H2,1H3,(H,16,17)/t14-/m1/s1. The molecule has 2 heterocycles. The molecule has 0 aliphatic carbocycles. The Labute approximate surface area is 123 Å². The van der Waals surface area contributed by atoms with Crippen molar-refractivity contribution in [3.05, 3.63) is 0 Å². The van der Waals surface area contributed by atoms with Crippen LogP contribution in [0.3, 0.4) is 0 Å². The first-order valence-electron chi connectivity index (χ1n) is 8.23. The zero-order chi connectivity index (χ0) is 14.2. The first-order chi connectivity index (χ1) is 9.79. The van der Waals surface area contributed by atoms with Gasteiger partial charge in [-0.3, -0.25) is 4.99 Å². The van der Waals surface area contributed by atoms with Gasteiger partial charge in [0.05, 0.1) is 6.10 Å². The van der Waals surface area contributed by atoms with Crippen molar-refractivity contribution in [2.75, 3.05) is 45.8 Å². The van der Waals surface area contributed by atoms with Gasteiger partial charge in [-0.1, -0.05) is 0 Å². The van der Waals surface area contributed by atoms with Gasteiger partial charge in [-0.15, -0.1) is 0 Å². The Morgan fingerprint density at radius 3 is 2.70 bits per heavy atom. The fraction of sp³-hybridized carbons (Fsp3) is 0.933. The van der Waals surface area contributed by atoms with E-state index in [0.29, 0.717) is 0 Å². The van der Waals surface area contributed by atoms with Crippen molar-refractivity contribution in [1.29, 1.82) is 0 Å². The summed E-state index contributed by atoms with van der Waals surface area (Å²) < 4.78 is 0. The summed E-state index contributed by atoms with van der Waals surface area (Å²) in [7, 11) is 0. The fourth-order valence-corrected chi connectivity index (χ4v) is 3.00. The van der Waals surface area contributed by atoms with Gasteiger partial charge in [0.2, 0.25) is 0 Å². The highest BCUT2D eigenvalue weighted by Gasteiger charge is 2.22. The van der Waals surface area contributed by atoms with E-state index < -0.39 is 0 Å². The van der Waals surface area contributed by atoms with Gasteiger partial charge in [0.25, 0.3) is 0 Å². The molecule has 2 rings (SSSR count). The van der Waals surface area contributed by atoms with E-state index in [4.69, 9.17) is 4.99 Å². The van der Waals surface area contributed by atoms with E-state index in [9.17, 15) is 5.11 Å². The lowest BCUT2D eigenvalue weighted by Crippen LogP contribution is -2.40. The molecule has 0 aromatic rings. The maximum Gasteiger partial charge on any atom is 0.194 e. The molecule has 0 saturated carbocycles. The number of nitrogens with one attached hydrogen (secondary N) is 1. The summed E-state index contributed by atoms with van der Waals surface area (Å²) in [6, 6.07) is 0. The van der Waals surface area contributed by atoms with Crippen LogP contribution in [0.25, 0.3) is 0 Å². The maximum atomic E-state index is 9.62. The third kappa shape index (κ3) is 4.94. The fourth-order valence-electron chi connectivity index (χ4n) is 3.00. The molecule has 0 aromatic carbocycles. The molecule has 2 aliphatic rings. The molecule has 2 saturated heterocycles. The third-order valence-electron chi connectivity index (χ3n) is 4.14. The first-order valence-corrected chi connectivity index (χ1v) is 8.23. The SMILES string of the molecule is CCNC(=NCCCCN1CCCC1)N1CC[C@@H](O)C1. The van der Waals surface area contributed by atoms with Crippen LogP contribution in [-0.2, 0) is 0 Å². The van der Waals surface area contributed by atoms with Crippen molar-refractivity contribution >= 4 is 5.96 Å². The predicted molar refractivity (Wildman–Crippen MR) is 83.1 cm³/mol. The van der Waals surface area contributed by atoms with Crippen LogP contribution in [0.1, 0.15) is 39.0 Å². The predicted octanol–water partition coefficient (Wildman–Crippen LogP) is 0.895. The van der Waals surface area contributed by atoms with E-state index in [1.807, 2.05) is 0 Å². The maximum absolute atomic E-state index is 9.62. The number of hydrogen-bond donors (Lipinski definition) is 2. The molecule has 1 atom stereocenters. The van der Waals surface area contributed by atoms with Crippen LogP contribution in [0.4, 0.5) is 0 Å². The Bertz CT molecular complexity index is 302. The lowest BCUT2D eigenvalue weighted by atomic mass is 10.3. The Kier molecular flexibility index (Phi) is 6.60. The second kappa shape index (κ2) is 8.47. The molecule has 5 nitrogen and oxygen atoms in total. The number of aliphatic imine (C=N–C) groups is 1. The topological polar surface area (TPSA) is 51.1 Å². The number of aliphatic hydroxyl groups is 1. The minimum Gasteiger partial charge on any atom is -0.391 e. The van der Waals surface area contributed by atoms with Crippen LogP contribution in [0.2, 0.25) is 0 Å². The average molecular weight is 282 g/mol. The van der Waals surface area contributed by atoms with Gasteiger partial charge in [0.1, 0.15) is 0 Å². The number of hydrogen-bond acceptors (Lipinski definition) is 3. The number of likely N-dealkylation sites (tertiary alicyclic amines) is 2. The molecule has 2 fully saturated rings. The average Bonchev–Trinajstić information content (AvgIpc) is 3.08. The van der Waals surface area contributed by atoms with Gasteiger partial charge in [-0.25, -0.2) is 0 Å². The Hall–Kier alpha value is -0.810. The van der Waals surface area contributed by atoms with Crippen LogP contribution >= 0.6 is 0 Å². The highest BCUT2D eigenvalue weighted by Crippen LogP contribution is 2.10. The summed E-state index contributed by atoms with van der Waals surface area (Å²) in [5.74, 6) is 0.977. The number of guanidine groups is 1. The molecule has 20 heavy (non-hydrogen) atoms. The normalized spacial score (nSPS) is 24.6. The zero-order valence-corrected chi connectivity index (χ0v) is 12.9.